The molecule has 2 aromatic carbocycles. The van der Waals surface area contributed by atoms with E-state index in [9.17, 15) is 14.7 Å². The summed E-state index contributed by atoms with van der Waals surface area (Å²) in [5, 5.41) is 11.8. The number of pyridine rings is 1. The van der Waals surface area contributed by atoms with Gasteiger partial charge in [0.2, 0.25) is 0 Å². The molecule has 0 saturated carbocycles. The topological polar surface area (TPSA) is 70.5 Å². The SMILES string of the molecule is Cc1ccc(CN2C(=O)[C@](O)(CC(=O)c3ccncc3)c3cc(Cl)ccc32)cc1. The molecule has 1 amide bonds. The summed E-state index contributed by atoms with van der Waals surface area (Å²) >= 11 is 6.14. The van der Waals surface area contributed by atoms with Gasteiger partial charge in [0, 0.05) is 28.5 Å². The number of hydrogen-bond acceptors (Lipinski definition) is 4. The molecule has 1 aliphatic heterocycles. The van der Waals surface area contributed by atoms with Gasteiger partial charge in [0.1, 0.15) is 0 Å². The number of fused-ring (bicyclic) bond motifs is 1. The Labute approximate surface area is 173 Å². The highest BCUT2D eigenvalue weighted by molar-refractivity contribution is 6.31. The van der Waals surface area contributed by atoms with E-state index < -0.39 is 11.5 Å². The van der Waals surface area contributed by atoms with Crippen molar-refractivity contribution in [3.63, 3.8) is 0 Å². The number of rotatable bonds is 5. The third-order valence-corrected chi connectivity index (χ3v) is 5.41. The van der Waals surface area contributed by atoms with Crippen molar-refractivity contribution in [3.8, 4) is 0 Å². The van der Waals surface area contributed by atoms with E-state index in [2.05, 4.69) is 4.98 Å². The molecule has 1 aliphatic rings. The Bertz CT molecular complexity index is 1080. The molecule has 3 aromatic rings. The Morgan fingerprint density at radius 1 is 1.10 bits per heavy atom. The zero-order valence-corrected chi connectivity index (χ0v) is 16.6. The lowest BCUT2D eigenvalue weighted by molar-refractivity contribution is -0.136. The molecule has 1 atom stereocenters. The number of nitrogens with zero attached hydrogens (tertiary/aromatic N) is 2. The van der Waals surface area contributed by atoms with Gasteiger partial charge in [-0.05, 0) is 42.8 Å². The van der Waals surface area contributed by atoms with Gasteiger partial charge in [-0.3, -0.25) is 14.6 Å². The molecule has 0 saturated heterocycles. The van der Waals surface area contributed by atoms with Crippen molar-refractivity contribution in [2.75, 3.05) is 4.90 Å². The van der Waals surface area contributed by atoms with Crippen LogP contribution in [0.4, 0.5) is 5.69 Å². The molecule has 5 nitrogen and oxygen atoms in total. The van der Waals surface area contributed by atoms with Crippen molar-refractivity contribution in [1.82, 2.24) is 4.98 Å². The monoisotopic (exact) mass is 406 g/mol. The second-order valence-corrected chi connectivity index (χ2v) is 7.67. The van der Waals surface area contributed by atoms with E-state index >= 15 is 0 Å². The smallest absolute Gasteiger partial charge is 0.264 e. The first-order valence-electron chi connectivity index (χ1n) is 9.21. The van der Waals surface area contributed by atoms with E-state index in [1.807, 2.05) is 31.2 Å². The Hall–Kier alpha value is -3.02. The fraction of sp³-hybridized carbons (Fsp3) is 0.174. The summed E-state index contributed by atoms with van der Waals surface area (Å²) in [5.41, 5.74) is 1.38. The molecule has 0 bridgehead atoms. The number of aliphatic hydroxyl groups is 1. The number of anilines is 1. The summed E-state index contributed by atoms with van der Waals surface area (Å²) in [5.74, 6) is -0.871. The molecule has 0 radical (unpaired) electrons. The van der Waals surface area contributed by atoms with Crippen molar-refractivity contribution in [2.45, 2.75) is 25.5 Å². The highest BCUT2D eigenvalue weighted by Gasteiger charge is 2.51. The predicted octanol–water partition coefficient (Wildman–Crippen LogP) is 4.05. The van der Waals surface area contributed by atoms with E-state index in [1.165, 1.54) is 17.3 Å². The van der Waals surface area contributed by atoms with Gasteiger partial charge in [-0.2, -0.15) is 0 Å². The lowest BCUT2D eigenvalue weighted by atomic mass is 9.88. The Balaban J connectivity index is 1.71. The average Bonchev–Trinajstić information content (AvgIpc) is 2.92. The molecule has 2 heterocycles. The molecule has 4 rings (SSSR count). The zero-order chi connectivity index (χ0) is 20.6. The standard InChI is InChI=1S/C23H19ClN2O3/c1-15-2-4-16(5-3-15)14-26-20-7-6-18(24)12-19(20)23(29,22(26)28)13-21(27)17-8-10-25-11-9-17/h2-12,29H,13-14H2,1H3/t23-/m0/s1. The molecule has 1 aromatic heterocycles. The number of ketones is 1. The van der Waals surface area contributed by atoms with Crippen LogP contribution in [0.25, 0.3) is 0 Å². The minimum atomic E-state index is -1.97. The molecule has 29 heavy (non-hydrogen) atoms. The van der Waals surface area contributed by atoms with Crippen LogP contribution in [0.1, 0.15) is 33.5 Å². The first kappa shape index (κ1) is 19.3. The molecule has 6 heteroatoms. The number of amides is 1. The average molecular weight is 407 g/mol. The van der Waals surface area contributed by atoms with Gasteiger partial charge in [0.15, 0.2) is 11.4 Å². The second-order valence-electron chi connectivity index (χ2n) is 7.23. The predicted molar refractivity (Wildman–Crippen MR) is 111 cm³/mol. The van der Waals surface area contributed by atoms with Crippen molar-refractivity contribution in [3.05, 3.63) is 94.3 Å². The zero-order valence-electron chi connectivity index (χ0n) is 15.8. The van der Waals surface area contributed by atoms with E-state index in [0.717, 1.165) is 11.1 Å². The quantitative estimate of drug-likeness (QED) is 0.649. The van der Waals surface area contributed by atoms with Crippen LogP contribution < -0.4 is 4.90 Å². The van der Waals surface area contributed by atoms with Crippen LogP contribution in [0, 0.1) is 6.92 Å². The summed E-state index contributed by atoms with van der Waals surface area (Å²) in [6, 6.07) is 15.9. The van der Waals surface area contributed by atoms with Crippen molar-refractivity contribution in [2.24, 2.45) is 0 Å². The van der Waals surface area contributed by atoms with E-state index in [0.29, 0.717) is 28.4 Å². The fourth-order valence-corrected chi connectivity index (χ4v) is 3.77. The maximum absolute atomic E-state index is 13.3. The van der Waals surface area contributed by atoms with Crippen LogP contribution in [-0.2, 0) is 16.9 Å². The van der Waals surface area contributed by atoms with E-state index in [1.54, 1.807) is 30.3 Å². The number of hydrogen-bond donors (Lipinski definition) is 1. The van der Waals surface area contributed by atoms with Gasteiger partial charge in [-0.25, -0.2) is 0 Å². The highest BCUT2D eigenvalue weighted by atomic mass is 35.5. The minimum absolute atomic E-state index is 0.291. The first-order chi connectivity index (χ1) is 13.9. The molecular formula is C23H19ClN2O3. The maximum Gasteiger partial charge on any atom is 0.264 e. The first-order valence-corrected chi connectivity index (χ1v) is 9.59. The third kappa shape index (κ3) is 3.55. The number of aryl methyl sites for hydroxylation is 1. The van der Waals surface area contributed by atoms with Crippen LogP contribution in [-0.4, -0.2) is 21.8 Å². The number of halogens is 1. The summed E-state index contributed by atoms with van der Waals surface area (Å²) in [7, 11) is 0. The second kappa shape index (κ2) is 7.43. The normalized spacial score (nSPS) is 18.0. The lowest BCUT2D eigenvalue weighted by Gasteiger charge is -2.23. The highest BCUT2D eigenvalue weighted by Crippen LogP contribution is 2.44. The van der Waals surface area contributed by atoms with Gasteiger partial charge >= 0.3 is 0 Å². The van der Waals surface area contributed by atoms with Crippen LogP contribution in [0.15, 0.2) is 67.0 Å². The summed E-state index contributed by atoms with van der Waals surface area (Å²) in [4.78, 5) is 31.5. The van der Waals surface area contributed by atoms with Gasteiger partial charge < -0.3 is 10.0 Å². The molecule has 0 spiro atoms. The fourth-order valence-electron chi connectivity index (χ4n) is 3.60. The number of carbonyl (C=O) groups excluding carboxylic acids is 2. The van der Waals surface area contributed by atoms with Gasteiger partial charge in [0.05, 0.1) is 18.7 Å². The molecule has 1 N–H and O–H groups in total. The Kier molecular flexibility index (Phi) is 4.94. The molecule has 0 fully saturated rings. The third-order valence-electron chi connectivity index (χ3n) is 5.17. The van der Waals surface area contributed by atoms with Crippen molar-refractivity contribution >= 4 is 29.0 Å². The minimum Gasteiger partial charge on any atom is -0.375 e. The maximum atomic E-state index is 13.3. The van der Waals surface area contributed by atoms with Gasteiger partial charge in [-0.1, -0.05) is 41.4 Å². The van der Waals surface area contributed by atoms with Crippen LogP contribution in [0.2, 0.25) is 5.02 Å². The summed E-state index contributed by atoms with van der Waals surface area (Å²) < 4.78 is 0. The number of carbonyl (C=O) groups is 2. The van der Waals surface area contributed by atoms with Crippen LogP contribution in [0.3, 0.4) is 0 Å². The van der Waals surface area contributed by atoms with Crippen LogP contribution in [0.5, 0.6) is 0 Å². The van der Waals surface area contributed by atoms with E-state index in [4.69, 9.17) is 11.6 Å². The number of Topliss-reactive ketones (excluding diaryl/α,β-unsaturated/α-hetero) is 1. The number of aromatic nitrogens is 1. The summed E-state index contributed by atoms with van der Waals surface area (Å²) in [6.07, 6.45) is 2.64. The largest absolute Gasteiger partial charge is 0.375 e. The molecule has 146 valence electrons. The Morgan fingerprint density at radius 3 is 2.48 bits per heavy atom. The van der Waals surface area contributed by atoms with Crippen molar-refractivity contribution in [1.29, 1.82) is 0 Å². The number of benzene rings is 2. The molecule has 0 unspecified atom stereocenters. The van der Waals surface area contributed by atoms with E-state index in [-0.39, 0.29) is 12.2 Å². The van der Waals surface area contributed by atoms with Crippen molar-refractivity contribution < 1.29 is 14.7 Å². The molecule has 0 aliphatic carbocycles. The summed E-state index contributed by atoms with van der Waals surface area (Å²) in [6.45, 7) is 2.28. The molecular weight excluding hydrogens is 388 g/mol. The Morgan fingerprint density at radius 2 is 1.79 bits per heavy atom. The lowest BCUT2D eigenvalue weighted by Crippen LogP contribution is -2.41. The van der Waals surface area contributed by atoms with Crippen LogP contribution >= 0.6 is 11.6 Å². The van der Waals surface area contributed by atoms with Gasteiger partial charge in [-0.15, -0.1) is 0 Å². The van der Waals surface area contributed by atoms with Gasteiger partial charge in [0.25, 0.3) is 5.91 Å².